The lowest BCUT2D eigenvalue weighted by molar-refractivity contribution is -0.0991. The normalized spacial score (nSPS) is 19.0. The first-order valence-electron chi connectivity index (χ1n) is 8.63. The van der Waals surface area contributed by atoms with E-state index in [0.29, 0.717) is 11.1 Å². The number of aromatic nitrogens is 1. The van der Waals surface area contributed by atoms with Crippen LogP contribution < -0.4 is 5.82 Å². The van der Waals surface area contributed by atoms with E-state index in [-0.39, 0.29) is 30.9 Å². The van der Waals surface area contributed by atoms with Crippen LogP contribution in [0.1, 0.15) is 58.7 Å². The van der Waals surface area contributed by atoms with Crippen molar-refractivity contribution in [3.8, 4) is 0 Å². The maximum absolute atomic E-state index is 12.5. The van der Waals surface area contributed by atoms with Crippen LogP contribution in [-0.4, -0.2) is 34.2 Å². The average molecular weight is 358 g/mol. The van der Waals surface area contributed by atoms with Crippen LogP contribution >= 0.6 is 0 Å². The Morgan fingerprint density at radius 2 is 1.69 bits per heavy atom. The minimum atomic E-state index is -0.855. The van der Waals surface area contributed by atoms with Gasteiger partial charge in [0.05, 0.1) is 23.1 Å². The molecule has 2 amide bonds. The van der Waals surface area contributed by atoms with Gasteiger partial charge in [0.2, 0.25) is 5.89 Å². The van der Waals surface area contributed by atoms with Crippen molar-refractivity contribution in [2.24, 2.45) is 0 Å². The predicted molar refractivity (Wildman–Crippen MR) is 87.5 cm³/mol. The molecule has 4 rings (SSSR count). The number of fused-ring (bicyclic) bond motifs is 1. The number of imide groups is 1. The third-order valence-corrected chi connectivity index (χ3v) is 5.04. The first-order valence-corrected chi connectivity index (χ1v) is 8.63. The highest BCUT2D eigenvalue weighted by Gasteiger charge is 2.40. The van der Waals surface area contributed by atoms with Crippen molar-refractivity contribution in [1.82, 2.24) is 10.1 Å². The number of nitrogens with zero attached hydrogens (tertiary/aromatic N) is 2. The van der Waals surface area contributed by atoms with Gasteiger partial charge in [-0.2, -0.15) is 0 Å². The molecule has 8 heteroatoms. The van der Waals surface area contributed by atoms with Crippen molar-refractivity contribution in [3.63, 3.8) is 0 Å². The molecule has 0 N–H and O–H groups in total. The number of carbonyl (C=O) groups is 2. The molecule has 0 unspecified atom stereocenters. The highest BCUT2D eigenvalue weighted by atomic mass is 16.6. The predicted octanol–water partition coefficient (Wildman–Crippen LogP) is 2.14. The minimum Gasteiger partial charge on any atom is -0.375 e. The molecule has 0 radical (unpaired) electrons. The summed E-state index contributed by atoms with van der Waals surface area (Å²) in [4.78, 5) is 37.2. The van der Waals surface area contributed by atoms with Gasteiger partial charge in [-0.05, 0) is 30.1 Å². The molecule has 0 spiro atoms. The molecule has 0 bridgehead atoms. The van der Waals surface area contributed by atoms with E-state index in [9.17, 15) is 14.4 Å². The van der Waals surface area contributed by atoms with E-state index in [2.05, 4.69) is 9.68 Å². The van der Waals surface area contributed by atoms with Gasteiger partial charge in [-0.25, -0.2) is 9.69 Å². The second-order valence-corrected chi connectivity index (χ2v) is 6.71. The van der Waals surface area contributed by atoms with Crippen molar-refractivity contribution < 1.29 is 23.3 Å². The zero-order valence-corrected chi connectivity index (χ0v) is 14.1. The fraction of sp³-hybridized carbons (Fsp3) is 0.444. The maximum Gasteiger partial charge on any atom is 0.542 e. The number of rotatable bonds is 5. The third kappa shape index (κ3) is 2.96. The molecule has 2 heterocycles. The number of carbonyl (C=O) groups excluding carboxylic acids is 2. The van der Waals surface area contributed by atoms with Gasteiger partial charge < -0.3 is 9.15 Å². The van der Waals surface area contributed by atoms with Crippen LogP contribution in [0.3, 0.4) is 0 Å². The molecule has 0 saturated heterocycles. The fourth-order valence-electron chi connectivity index (χ4n) is 3.69. The molecule has 136 valence electrons. The summed E-state index contributed by atoms with van der Waals surface area (Å²) < 4.78 is 15.5. The Hall–Kier alpha value is -2.74. The molecule has 26 heavy (non-hydrogen) atoms. The molecule has 1 aromatic heterocycles. The Kier molecular flexibility index (Phi) is 4.20. The van der Waals surface area contributed by atoms with Crippen molar-refractivity contribution in [2.45, 2.75) is 44.1 Å². The molecule has 2 aliphatic rings. The van der Waals surface area contributed by atoms with Gasteiger partial charge in [0.1, 0.15) is 6.73 Å². The quantitative estimate of drug-likeness (QED) is 0.754. The van der Waals surface area contributed by atoms with E-state index in [1.54, 1.807) is 24.3 Å². The highest BCUT2D eigenvalue weighted by molar-refractivity contribution is 6.21. The Balaban J connectivity index is 1.51. The third-order valence-electron chi connectivity index (χ3n) is 5.04. The Morgan fingerprint density at radius 1 is 1.04 bits per heavy atom. The lowest BCUT2D eigenvalue weighted by atomic mass is 9.82. The largest absolute Gasteiger partial charge is 0.542 e. The molecule has 1 saturated carbocycles. The zero-order chi connectivity index (χ0) is 18.1. The SMILES string of the molecule is O=C1c2ccccc2C(=O)N1COC1(Cc2noc(=O)o2)CCCCC1. The topological polar surface area (TPSA) is 103 Å². The van der Waals surface area contributed by atoms with Gasteiger partial charge in [-0.1, -0.05) is 31.4 Å². The Morgan fingerprint density at radius 3 is 2.27 bits per heavy atom. The lowest BCUT2D eigenvalue weighted by Gasteiger charge is -2.37. The molecule has 2 aromatic rings. The summed E-state index contributed by atoms with van der Waals surface area (Å²) in [5, 5.41) is 3.62. The summed E-state index contributed by atoms with van der Waals surface area (Å²) in [6, 6.07) is 6.72. The van der Waals surface area contributed by atoms with Crippen molar-refractivity contribution >= 4 is 11.8 Å². The van der Waals surface area contributed by atoms with E-state index in [1.807, 2.05) is 0 Å². The first-order chi connectivity index (χ1) is 12.6. The van der Waals surface area contributed by atoms with E-state index in [1.165, 1.54) is 0 Å². The lowest BCUT2D eigenvalue weighted by Crippen LogP contribution is -2.43. The summed E-state index contributed by atoms with van der Waals surface area (Å²) in [5.74, 6) is -1.40. The van der Waals surface area contributed by atoms with Gasteiger partial charge >= 0.3 is 5.82 Å². The zero-order valence-electron chi connectivity index (χ0n) is 14.1. The Bertz CT molecular complexity index is 858. The van der Waals surface area contributed by atoms with E-state index >= 15 is 0 Å². The van der Waals surface area contributed by atoms with Crippen LogP contribution in [0.25, 0.3) is 0 Å². The van der Waals surface area contributed by atoms with Crippen LogP contribution in [0, 0.1) is 0 Å². The Labute approximate surface area is 148 Å². The summed E-state index contributed by atoms with van der Waals surface area (Å²) in [6.45, 7) is -0.144. The number of ether oxygens (including phenoxy) is 1. The van der Waals surface area contributed by atoms with Crippen LogP contribution in [-0.2, 0) is 11.2 Å². The van der Waals surface area contributed by atoms with Gasteiger partial charge in [0, 0.05) is 0 Å². The van der Waals surface area contributed by atoms with E-state index in [0.717, 1.165) is 37.0 Å². The van der Waals surface area contributed by atoms with Crippen molar-refractivity contribution in [2.75, 3.05) is 6.73 Å². The monoisotopic (exact) mass is 358 g/mol. The summed E-state index contributed by atoms with van der Waals surface area (Å²) >= 11 is 0. The molecule has 8 nitrogen and oxygen atoms in total. The maximum atomic E-state index is 12.5. The van der Waals surface area contributed by atoms with Crippen LogP contribution in [0.2, 0.25) is 0 Å². The fourth-order valence-corrected chi connectivity index (χ4v) is 3.69. The standard InChI is InChI=1S/C18H18N2O6/c21-15-12-6-2-3-7-13(12)16(22)20(15)11-24-18(8-4-1-5-9-18)10-14-19-26-17(23)25-14/h2-3,6-7H,1,4-5,8-11H2. The number of hydrogen-bond acceptors (Lipinski definition) is 7. The van der Waals surface area contributed by atoms with E-state index in [4.69, 9.17) is 9.15 Å². The molecule has 1 fully saturated rings. The number of hydrogen-bond donors (Lipinski definition) is 0. The highest BCUT2D eigenvalue weighted by Crippen LogP contribution is 2.35. The first kappa shape index (κ1) is 16.7. The summed E-state index contributed by atoms with van der Waals surface area (Å²) in [5.41, 5.74) is 0.142. The average Bonchev–Trinajstić information content (AvgIpc) is 3.16. The number of benzene rings is 1. The molecule has 0 atom stereocenters. The number of amides is 2. The van der Waals surface area contributed by atoms with Gasteiger partial charge in [0.25, 0.3) is 11.8 Å². The summed E-state index contributed by atoms with van der Waals surface area (Å²) in [6.07, 6.45) is 4.71. The molecule has 1 aromatic carbocycles. The molecular weight excluding hydrogens is 340 g/mol. The van der Waals surface area contributed by atoms with Crippen LogP contribution in [0.5, 0.6) is 0 Å². The van der Waals surface area contributed by atoms with Gasteiger partial charge in [0.15, 0.2) is 0 Å². The molecule has 1 aliphatic heterocycles. The minimum absolute atomic E-state index is 0.144. The van der Waals surface area contributed by atoms with Gasteiger partial charge in [-0.15, -0.1) is 0 Å². The van der Waals surface area contributed by atoms with E-state index < -0.39 is 11.4 Å². The second kappa shape index (κ2) is 6.53. The van der Waals surface area contributed by atoms with Crippen LogP contribution in [0.4, 0.5) is 0 Å². The van der Waals surface area contributed by atoms with Crippen LogP contribution in [0.15, 0.2) is 38.0 Å². The summed E-state index contributed by atoms with van der Waals surface area (Å²) in [7, 11) is 0. The second-order valence-electron chi connectivity index (χ2n) is 6.71. The molecular formula is C18H18N2O6. The molecule has 1 aliphatic carbocycles. The van der Waals surface area contributed by atoms with Gasteiger partial charge in [-0.3, -0.25) is 14.1 Å². The van der Waals surface area contributed by atoms with Crippen molar-refractivity contribution in [3.05, 3.63) is 51.9 Å². The van der Waals surface area contributed by atoms with Crippen molar-refractivity contribution in [1.29, 1.82) is 0 Å². The smallest absolute Gasteiger partial charge is 0.375 e.